The van der Waals surface area contributed by atoms with Gasteiger partial charge in [-0.1, -0.05) is 23.6 Å². The van der Waals surface area contributed by atoms with Crippen molar-refractivity contribution < 1.29 is 19.8 Å². The molecular weight excluding hydrogens is 292 g/mol. The zero-order chi connectivity index (χ0) is 16.6. The fourth-order valence-electron chi connectivity index (χ4n) is 5.66. The number of fused-ring (bicyclic) bond motifs is 4. The van der Waals surface area contributed by atoms with Gasteiger partial charge in [0.1, 0.15) is 18.0 Å². The molecule has 0 aliphatic heterocycles. The van der Waals surface area contributed by atoms with Gasteiger partial charge in [-0.25, -0.2) is 0 Å². The van der Waals surface area contributed by atoms with Crippen LogP contribution >= 0.6 is 0 Å². The summed E-state index contributed by atoms with van der Waals surface area (Å²) in [4.78, 5) is 24.2. The maximum Gasteiger partial charge on any atom is 0.186 e. The van der Waals surface area contributed by atoms with Crippen LogP contribution in [0.3, 0.4) is 0 Å². The van der Waals surface area contributed by atoms with Crippen LogP contribution in [0.15, 0.2) is 22.8 Å². The van der Waals surface area contributed by atoms with E-state index in [1.807, 2.05) is 6.92 Å². The Morgan fingerprint density at radius 1 is 1.09 bits per heavy atom. The summed E-state index contributed by atoms with van der Waals surface area (Å²) in [6, 6.07) is 0. The first-order valence-corrected chi connectivity index (χ1v) is 8.67. The van der Waals surface area contributed by atoms with E-state index in [1.165, 1.54) is 11.1 Å². The van der Waals surface area contributed by atoms with Gasteiger partial charge >= 0.3 is 0 Å². The van der Waals surface area contributed by atoms with Crippen molar-refractivity contribution in [3.63, 3.8) is 0 Å². The van der Waals surface area contributed by atoms with Gasteiger partial charge in [-0.3, -0.25) is 9.59 Å². The molecule has 1 fully saturated rings. The normalized spacial score (nSPS) is 46.3. The van der Waals surface area contributed by atoms with Crippen molar-refractivity contribution in [3.05, 3.63) is 22.8 Å². The van der Waals surface area contributed by atoms with Gasteiger partial charge in [0.15, 0.2) is 5.78 Å². The highest BCUT2D eigenvalue weighted by atomic mass is 16.3. The van der Waals surface area contributed by atoms with Crippen molar-refractivity contribution >= 4 is 11.6 Å². The highest BCUT2D eigenvalue weighted by Gasteiger charge is 2.57. The molecule has 0 saturated heterocycles. The van der Waals surface area contributed by atoms with E-state index in [1.54, 1.807) is 6.08 Å². The van der Waals surface area contributed by atoms with Crippen LogP contribution in [0.1, 0.15) is 52.4 Å². The number of rotatable bonds is 0. The predicted molar refractivity (Wildman–Crippen MR) is 84.5 cm³/mol. The molecule has 0 aromatic carbocycles. The molecule has 0 amide bonds. The fraction of sp³-hybridized carbons (Fsp3) is 0.684. The SMILES string of the molecule is C[C@@]12C(=CC(=O)[C@H](O)[C@@H]1O)CCC1=C2CC[C@]2(C)C(=O)CC[C@@H]12. The Kier molecular flexibility index (Phi) is 3.08. The van der Waals surface area contributed by atoms with Gasteiger partial charge in [0.05, 0.1) is 0 Å². The predicted octanol–water partition coefficient (Wildman–Crippen LogP) is 2.09. The lowest BCUT2D eigenvalue weighted by molar-refractivity contribution is -0.134. The molecule has 0 bridgehead atoms. The Balaban J connectivity index is 1.86. The lowest BCUT2D eigenvalue weighted by Gasteiger charge is -2.52. The smallest absolute Gasteiger partial charge is 0.186 e. The Labute approximate surface area is 136 Å². The van der Waals surface area contributed by atoms with Crippen molar-refractivity contribution in [2.45, 2.75) is 64.6 Å². The molecule has 0 aromatic heterocycles. The number of ketones is 2. The van der Waals surface area contributed by atoms with Crippen LogP contribution in [-0.2, 0) is 9.59 Å². The largest absolute Gasteiger partial charge is 0.389 e. The van der Waals surface area contributed by atoms with Crippen LogP contribution in [0.25, 0.3) is 0 Å². The molecule has 5 atom stereocenters. The van der Waals surface area contributed by atoms with Crippen molar-refractivity contribution in [2.75, 3.05) is 0 Å². The Bertz CT molecular complexity index is 673. The average Bonchev–Trinajstić information content (AvgIpc) is 2.83. The molecule has 0 heterocycles. The van der Waals surface area contributed by atoms with Gasteiger partial charge in [0, 0.05) is 17.3 Å². The van der Waals surface area contributed by atoms with Gasteiger partial charge in [-0.2, -0.15) is 0 Å². The second kappa shape index (κ2) is 4.64. The molecule has 4 aliphatic carbocycles. The third kappa shape index (κ3) is 1.74. The number of aliphatic hydroxyl groups is 2. The second-order valence-corrected chi connectivity index (χ2v) is 8.10. The summed E-state index contributed by atoms with van der Waals surface area (Å²) in [5.74, 6) is 0.268. The third-order valence-electron chi connectivity index (χ3n) is 7.22. The molecule has 4 heteroatoms. The number of carbonyl (C=O) groups is 2. The maximum atomic E-state index is 12.4. The van der Waals surface area contributed by atoms with Crippen LogP contribution < -0.4 is 0 Å². The highest BCUT2D eigenvalue weighted by molar-refractivity contribution is 5.96. The number of hydrogen-bond acceptors (Lipinski definition) is 4. The van der Waals surface area contributed by atoms with E-state index in [9.17, 15) is 19.8 Å². The summed E-state index contributed by atoms with van der Waals surface area (Å²) < 4.78 is 0. The molecule has 4 nitrogen and oxygen atoms in total. The van der Waals surface area contributed by atoms with Gasteiger partial charge in [-0.05, 0) is 51.0 Å². The molecular formula is C19H24O4. The Morgan fingerprint density at radius 2 is 1.83 bits per heavy atom. The van der Waals surface area contributed by atoms with Crippen LogP contribution in [0, 0.1) is 16.7 Å². The summed E-state index contributed by atoms with van der Waals surface area (Å²) in [7, 11) is 0. The standard InChI is InChI=1S/C19H24O4/c1-18-8-7-13-11(12(18)5-6-15(18)21)4-3-10-9-14(20)16(22)17(23)19(10,13)2/h9,12,16-17,22-23H,3-8H2,1-2H3/t12-,16-,17-,18-,19-/m0/s1. The first-order chi connectivity index (χ1) is 10.8. The molecule has 4 rings (SSSR count). The first kappa shape index (κ1) is 15.3. The van der Waals surface area contributed by atoms with E-state index in [-0.39, 0.29) is 17.1 Å². The average molecular weight is 316 g/mol. The monoisotopic (exact) mass is 316 g/mol. The van der Waals surface area contributed by atoms with Crippen LogP contribution in [0.4, 0.5) is 0 Å². The first-order valence-electron chi connectivity index (χ1n) is 8.67. The van der Waals surface area contributed by atoms with Crippen molar-refractivity contribution in [1.82, 2.24) is 0 Å². The summed E-state index contributed by atoms with van der Waals surface area (Å²) in [6.07, 6.45) is 3.90. The summed E-state index contributed by atoms with van der Waals surface area (Å²) >= 11 is 0. The highest BCUT2D eigenvalue weighted by Crippen LogP contribution is 2.61. The maximum absolute atomic E-state index is 12.4. The van der Waals surface area contributed by atoms with Crippen LogP contribution in [0.2, 0.25) is 0 Å². The van der Waals surface area contributed by atoms with Crippen LogP contribution in [-0.4, -0.2) is 34.0 Å². The minimum Gasteiger partial charge on any atom is -0.389 e. The zero-order valence-electron chi connectivity index (χ0n) is 13.8. The molecule has 0 spiro atoms. The van der Waals surface area contributed by atoms with Crippen molar-refractivity contribution in [3.8, 4) is 0 Å². The Morgan fingerprint density at radius 3 is 2.57 bits per heavy atom. The summed E-state index contributed by atoms with van der Waals surface area (Å²) in [6.45, 7) is 4.06. The van der Waals surface area contributed by atoms with E-state index in [4.69, 9.17) is 0 Å². The van der Waals surface area contributed by atoms with Gasteiger partial charge in [0.2, 0.25) is 0 Å². The quantitative estimate of drug-likeness (QED) is 0.671. The molecule has 0 unspecified atom stereocenters. The minimum atomic E-state index is -1.34. The number of allylic oxidation sites excluding steroid dienone is 1. The van der Waals surface area contributed by atoms with Crippen molar-refractivity contribution in [1.29, 1.82) is 0 Å². The van der Waals surface area contributed by atoms with Gasteiger partial charge in [0.25, 0.3) is 0 Å². The van der Waals surface area contributed by atoms with Gasteiger partial charge in [-0.15, -0.1) is 0 Å². The second-order valence-electron chi connectivity index (χ2n) is 8.10. The third-order valence-corrected chi connectivity index (χ3v) is 7.22. The fourth-order valence-corrected chi connectivity index (χ4v) is 5.66. The molecule has 23 heavy (non-hydrogen) atoms. The summed E-state index contributed by atoms with van der Waals surface area (Å²) in [5.41, 5.74) is 2.57. The minimum absolute atomic E-state index is 0.246. The zero-order valence-corrected chi connectivity index (χ0v) is 13.8. The van der Waals surface area contributed by atoms with E-state index < -0.39 is 17.6 Å². The van der Waals surface area contributed by atoms with E-state index in [2.05, 4.69) is 6.92 Å². The molecule has 1 saturated carbocycles. The number of hydrogen-bond donors (Lipinski definition) is 2. The van der Waals surface area contributed by atoms with E-state index in [0.717, 1.165) is 37.7 Å². The van der Waals surface area contributed by atoms with E-state index in [0.29, 0.717) is 12.2 Å². The lowest BCUT2D eigenvalue weighted by atomic mass is 9.53. The lowest BCUT2D eigenvalue weighted by Crippen LogP contribution is -2.53. The number of aliphatic hydroxyl groups excluding tert-OH is 2. The molecule has 2 N–H and O–H groups in total. The topological polar surface area (TPSA) is 74.6 Å². The van der Waals surface area contributed by atoms with Crippen LogP contribution in [0.5, 0.6) is 0 Å². The van der Waals surface area contributed by atoms with Crippen molar-refractivity contribution in [2.24, 2.45) is 16.7 Å². The molecule has 0 radical (unpaired) electrons. The van der Waals surface area contributed by atoms with E-state index >= 15 is 0 Å². The summed E-state index contributed by atoms with van der Waals surface area (Å²) in [5, 5.41) is 20.8. The van der Waals surface area contributed by atoms with Gasteiger partial charge < -0.3 is 10.2 Å². The Hall–Kier alpha value is -1.26. The number of Topliss-reactive ketones (excluding diaryl/α,β-unsaturated/α-hetero) is 1. The molecule has 4 aliphatic rings. The number of carbonyl (C=O) groups excluding carboxylic acids is 2. The molecule has 0 aromatic rings. The molecule has 124 valence electrons.